The first-order chi connectivity index (χ1) is 13.0. The van der Waals surface area contributed by atoms with Crippen LogP contribution in [0.1, 0.15) is 5.56 Å². The van der Waals surface area contributed by atoms with E-state index in [9.17, 15) is 10.2 Å². The predicted molar refractivity (Wildman–Crippen MR) is 115 cm³/mol. The zero-order valence-electron chi connectivity index (χ0n) is 13.7. The average molecular weight is 460 g/mol. The van der Waals surface area contributed by atoms with Crippen molar-refractivity contribution in [3.05, 3.63) is 69.7 Å². The summed E-state index contributed by atoms with van der Waals surface area (Å²) in [6.45, 7) is 0. The zero-order valence-corrected chi connectivity index (χ0v) is 16.9. The molecular weight excluding hydrogens is 448 g/mol. The quantitative estimate of drug-likeness (QED) is 0.342. The normalized spacial score (nSPS) is 11.5. The van der Waals surface area contributed by atoms with Crippen LogP contribution in [-0.2, 0) is 0 Å². The second-order valence-electron chi connectivity index (χ2n) is 5.77. The van der Waals surface area contributed by atoms with Crippen LogP contribution in [-0.4, -0.2) is 21.4 Å². The van der Waals surface area contributed by atoms with E-state index in [2.05, 4.69) is 25.9 Å². The molecule has 4 rings (SSSR count). The van der Waals surface area contributed by atoms with Gasteiger partial charge < -0.3 is 10.2 Å². The number of aromatic nitrogens is 1. The monoisotopic (exact) mass is 458 g/mol. The fraction of sp³-hybridized carbons (Fsp3) is 0. The van der Waals surface area contributed by atoms with E-state index in [1.807, 2.05) is 24.3 Å². The minimum atomic E-state index is -0.0335. The van der Waals surface area contributed by atoms with Crippen LogP contribution < -0.4 is 0 Å². The van der Waals surface area contributed by atoms with E-state index in [0.717, 1.165) is 19.7 Å². The molecule has 134 valence electrons. The Balaban J connectivity index is 1.72. The number of aromatic hydroxyl groups is 2. The molecule has 1 heterocycles. The predicted octanol–water partition coefficient (Wildman–Crippen LogP) is 6.54. The molecule has 27 heavy (non-hydrogen) atoms. The molecule has 2 N–H and O–H groups in total. The van der Waals surface area contributed by atoms with E-state index < -0.39 is 0 Å². The molecule has 0 saturated heterocycles. The topological polar surface area (TPSA) is 65.7 Å². The number of fused-ring (bicyclic) bond motifs is 1. The summed E-state index contributed by atoms with van der Waals surface area (Å²) in [5, 5.41) is 21.3. The molecule has 0 amide bonds. The average Bonchev–Trinajstić information content (AvgIpc) is 3.08. The Morgan fingerprint density at radius 1 is 1.07 bits per heavy atom. The van der Waals surface area contributed by atoms with Crippen LogP contribution in [0.2, 0.25) is 5.02 Å². The van der Waals surface area contributed by atoms with Gasteiger partial charge in [0, 0.05) is 16.3 Å². The van der Waals surface area contributed by atoms with Gasteiger partial charge in [0.15, 0.2) is 0 Å². The van der Waals surface area contributed by atoms with Crippen LogP contribution in [0.25, 0.3) is 20.8 Å². The third kappa shape index (κ3) is 3.69. The van der Waals surface area contributed by atoms with Gasteiger partial charge in [-0.2, -0.15) is 0 Å². The van der Waals surface area contributed by atoms with Gasteiger partial charge >= 0.3 is 0 Å². The molecule has 0 unspecified atom stereocenters. The SMILES string of the molecule is Oc1ccc(N=Cc2cc(Br)cc(Cl)c2O)cc1-c1nc2ccccc2s1. The van der Waals surface area contributed by atoms with E-state index in [1.165, 1.54) is 17.6 Å². The van der Waals surface area contributed by atoms with Gasteiger partial charge in [-0.25, -0.2) is 4.98 Å². The molecule has 0 radical (unpaired) electrons. The maximum absolute atomic E-state index is 10.3. The molecule has 0 fully saturated rings. The van der Waals surface area contributed by atoms with Crippen molar-refractivity contribution in [2.24, 2.45) is 4.99 Å². The van der Waals surface area contributed by atoms with Gasteiger partial charge in [-0.3, -0.25) is 4.99 Å². The lowest BCUT2D eigenvalue weighted by Crippen LogP contribution is -1.84. The molecule has 4 nitrogen and oxygen atoms in total. The van der Waals surface area contributed by atoms with E-state index in [0.29, 0.717) is 16.8 Å². The van der Waals surface area contributed by atoms with Crippen LogP contribution in [0, 0.1) is 0 Å². The second-order valence-corrected chi connectivity index (χ2v) is 8.13. The Morgan fingerprint density at radius 2 is 1.89 bits per heavy atom. The van der Waals surface area contributed by atoms with Gasteiger partial charge in [-0.15, -0.1) is 11.3 Å². The van der Waals surface area contributed by atoms with Crippen LogP contribution in [0.4, 0.5) is 5.69 Å². The van der Waals surface area contributed by atoms with Crippen LogP contribution in [0.5, 0.6) is 11.5 Å². The van der Waals surface area contributed by atoms with Crippen molar-refractivity contribution in [1.82, 2.24) is 4.98 Å². The number of para-hydroxylation sites is 1. The summed E-state index contributed by atoms with van der Waals surface area (Å²) in [6.07, 6.45) is 1.53. The first-order valence-electron chi connectivity index (χ1n) is 7.92. The maximum Gasteiger partial charge on any atom is 0.143 e. The number of benzene rings is 3. The highest BCUT2D eigenvalue weighted by Gasteiger charge is 2.11. The summed E-state index contributed by atoms with van der Waals surface area (Å²) in [5.74, 6) is 0.107. The van der Waals surface area contributed by atoms with Gasteiger partial charge in [-0.05, 0) is 42.5 Å². The minimum absolute atomic E-state index is 0.0335. The number of rotatable bonds is 3. The van der Waals surface area contributed by atoms with Crippen LogP contribution in [0.3, 0.4) is 0 Å². The smallest absolute Gasteiger partial charge is 0.143 e. The lowest BCUT2D eigenvalue weighted by atomic mass is 10.2. The summed E-state index contributed by atoms with van der Waals surface area (Å²) < 4.78 is 1.79. The summed E-state index contributed by atoms with van der Waals surface area (Å²) in [4.78, 5) is 8.99. The van der Waals surface area contributed by atoms with Crippen molar-refractivity contribution in [2.75, 3.05) is 0 Å². The molecule has 1 aromatic heterocycles. The Morgan fingerprint density at radius 3 is 2.70 bits per heavy atom. The van der Waals surface area contributed by atoms with Gasteiger partial charge in [0.1, 0.15) is 16.5 Å². The summed E-state index contributed by atoms with van der Waals surface area (Å²) in [6, 6.07) is 16.2. The minimum Gasteiger partial charge on any atom is -0.507 e. The number of nitrogens with zero attached hydrogens (tertiary/aromatic N) is 2. The molecule has 7 heteroatoms. The summed E-state index contributed by atoms with van der Waals surface area (Å²) in [7, 11) is 0. The number of aliphatic imine (C=N–C) groups is 1. The van der Waals surface area contributed by atoms with Crippen molar-refractivity contribution in [1.29, 1.82) is 0 Å². The largest absolute Gasteiger partial charge is 0.507 e. The lowest BCUT2D eigenvalue weighted by molar-refractivity contribution is 0.474. The number of halogens is 2. The molecule has 0 aliphatic rings. The van der Waals surface area contributed by atoms with Gasteiger partial charge in [0.25, 0.3) is 0 Å². The fourth-order valence-electron chi connectivity index (χ4n) is 2.59. The summed E-state index contributed by atoms with van der Waals surface area (Å²) >= 11 is 10.8. The first kappa shape index (κ1) is 18.0. The molecule has 0 atom stereocenters. The number of hydrogen-bond acceptors (Lipinski definition) is 5. The van der Waals surface area contributed by atoms with E-state index >= 15 is 0 Å². The van der Waals surface area contributed by atoms with Gasteiger partial charge in [-0.1, -0.05) is 39.7 Å². The molecule has 0 aliphatic heterocycles. The first-order valence-corrected chi connectivity index (χ1v) is 9.91. The molecule has 3 aromatic carbocycles. The fourth-order valence-corrected chi connectivity index (χ4v) is 4.42. The Bertz CT molecular complexity index is 1160. The van der Waals surface area contributed by atoms with Crippen molar-refractivity contribution >= 4 is 61.0 Å². The Labute approximate surface area is 172 Å². The Hall–Kier alpha value is -2.41. The standard InChI is InChI=1S/C20H12BrClN2O2S/c21-12-7-11(19(26)15(22)8-12)10-23-13-5-6-17(25)14(9-13)20-24-16-3-1-2-4-18(16)27-20/h1-10,25-26H. The van der Waals surface area contributed by atoms with Crippen LogP contribution in [0.15, 0.2) is 64.1 Å². The van der Waals surface area contributed by atoms with E-state index in [1.54, 1.807) is 30.3 Å². The van der Waals surface area contributed by atoms with Crippen molar-refractivity contribution in [3.8, 4) is 22.1 Å². The number of phenols is 2. The highest BCUT2D eigenvalue weighted by Crippen LogP contribution is 2.37. The van der Waals surface area contributed by atoms with E-state index in [4.69, 9.17) is 11.6 Å². The molecule has 0 spiro atoms. The second kappa shape index (κ2) is 7.31. The zero-order chi connectivity index (χ0) is 19.0. The van der Waals surface area contributed by atoms with Crippen molar-refractivity contribution in [3.63, 3.8) is 0 Å². The highest BCUT2D eigenvalue weighted by atomic mass is 79.9. The maximum atomic E-state index is 10.3. The van der Waals surface area contributed by atoms with Gasteiger partial charge in [0.05, 0.1) is 26.5 Å². The van der Waals surface area contributed by atoms with Crippen LogP contribution >= 0.6 is 38.9 Å². The molecular formula is C20H12BrClN2O2S. The third-order valence-corrected chi connectivity index (χ3v) is 5.73. The third-order valence-electron chi connectivity index (χ3n) is 3.91. The van der Waals surface area contributed by atoms with Crippen molar-refractivity contribution in [2.45, 2.75) is 0 Å². The number of thiazole rings is 1. The number of hydrogen-bond donors (Lipinski definition) is 2. The molecule has 0 bridgehead atoms. The number of phenolic OH excluding ortho intramolecular Hbond substituents is 2. The molecule has 0 saturated carbocycles. The molecule has 0 aliphatic carbocycles. The highest BCUT2D eigenvalue weighted by molar-refractivity contribution is 9.10. The van der Waals surface area contributed by atoms with Crippen molar-refractivity contribution < 1.29 is 10.2 Å². The Kier molecular flexibility index (Phi) is 4.86. The molecule has 4 aromatic rings. The van der Waals surface area contributed by atoms with E-state index in [-0.39, 0.29) is 16.5 Å². The summed E-state index contributed by atoms with van der Waals surface area (Å²) in [5.41, 5.74) is 2.61. The van der Waals surface area contributed by atoms with Gasteiger partial charge in [0.2, 0.25) is 0 Å². The lowest BCUT2D eigenvalue weighted by Gasteiger charge is -2.04.